The predicted molar refractivity (Wildman–Crippen MR) is 59.4 cm³/mol. The lowest BCUT2D eigenvalue weighted by molar-refractivity contribution is 1.76. The molecule has 0 amide bonds. The Morgan fingerprint density at radius 3 is 2.92 bits per heavy atom. The molecule has 12 heavy (non-hydrogen) atoms. The second-order valence-corrected chi connectivity index (χ2v) is 5.22. The summed E-state index contributed by atoms with van der Waals surface area (Å²) >= 11 is 9.61. The average Bonchev–Trinajstić information content (AvgIpc) is 2.53. The summed E-state index contributed by atoms with van der Waals surface area (Å²) < 4.78 is 1.29. The van der Waals surface area contributed by atoms with Crippen LogP contribution >= 0.6 is 34.3 Å². The Hall–Kier alpha value is -0.310. The topological polar surface area (TPSA) is 0 Å². The van der Waals surface area contributed by atoms with E-state index in [0.717, 1.165) is 15.5 Å². The predicted octanol–water partition coefficient (Wildman–Crippen LogP) is 4.65. The lowest BCUT2D eigenvalue weighted by Crippen LogP contribution is -1.68. The third-order valence-corrected chi connectivity index (χ3v) is 4.56. The van der Waals surface area contributed by atoms with E-state index in [1.54, 1.807) is 22.7 Å². The summed E-state index contributed by atoms with van der Waals surface area (Å²) in [6.07, 6.45) is 0. The van der Waals surface area contributed by atoms with E-state index in [9.17, 15) is 0 Å². The van der Waals surface area contributed by atoms with Crippen LogP contribution in [0.1, 0.15) is 11.8 Å². The molecule has 0 aliphatic heterocycles. The normalized spacial score (nSPS) is 10.8. The standard InChI is InChI=1S/C9H7ClS2/c1-5(2)8-7(10)6-3-4-11-9(6)12-8/h3-4H,1H2,2H3. The second-order valence-electron chi connectivity index (χ2n) is 2.65. The van der Waals surface area contributed by atoms with Crippen LogP contribution in [0.15, 0.2) is 18.0 Å². The van der Waals surface area contributed by atoms with Gasteiger partial charge in [0, 0.05) is 5.39 Å². The van der Waals surface area contributed by atoms with E-state index in [0.29, 0.717) is 0 Å². The van der Waals surface area contributed by atoms with Crippen LogP contribution < -0.4 is 0 Å². The molecule has 0 aromatic carbocycles. The molecule has 3 heteroatoms. The first-order valence-electron chi connectivity index (χ1n) is 3.51. The van der Waals surface area contributed by atoms with Crippen LogP contribution in [-0.2, 0) is 0 Å². The van der Waals surface area contributed by atoms with Gasteiger partial charge in [-0.25, -0.2) is 0 Å². The molecule has 0 aliphatic rings. The molecular formula is C9H7ClS2. The minimum Gasteiger partial charge on any atom is -0.133 e. The molecule has 0 N–H and O–H groups in total. The highest BCUT2D eigenvalue weighted by molar-refractivity contribution is 7.38. The fourth-order valence-corrected chi connectivity index (χ4v) is 3.69. The van der Waals surface area contributed by atoms with Gasteiger partial charge in [0.1, 0.15) is 0 Å². The molecule has 2 heterocycles. The van der Waals surface area contributed by atoms with Crippen molar-refractivity contribution in [3.63, 3.8) is 0 Å². The highest BCUT2D eigenvalue weighted by Crippen LogP contribution is 2.41. The van der Waals surface area contributed by atoms with Gasteiger partial charge in [0.05, 0.1) is 13.9 Å². The molecule has 0 unspecified atom stereocenters. The molecule has 2 aromatic heterocycles. The highest BCUT2D eigenvalue weighted by Gasteiger charge is 2.10. The van der Waals surface area contributed by atoms with Crippen LogP contribution in [0.3, 0.4) is 0 Å². The van der Waals surface area contributed by atoms with Gasteiger partial charge in [-0.1, -0.05) is 18.2 Å². The third-order valence-electron chi connectivity index (χ3n) is 1.65. The summed E-state index contributed by atoms with van der Waals surface area (Å²) in [7, 11) is 0. The molecule has 0 bridgehead atoms. The van der Waals surface area contributed by atoms with Crippen molar-refractivity contribution in [2.75, 3.05) is 0 Å². The van der Waals surface area contributed by atoms with E-state index >= 15 is 0 Å². The van der Waals surface area contributed by atoms with Crippen LogP contribution in [-0.4, -0.2) is 0 Å². The van der Waals surface area contributed by atoms with E-state index in [1.807, 2.05) is 6.92 Å². The van der Waals surface area contributed by atoms with Crippen molar-refractivity contribution in [2.24, 2.45) is 0 Å². The lowest BCUT2D eigenvalue weighted by Gasteiger charge is -1.92. The van der Waals surface area contributed by atoms with E-state index in [1.165, 1.54) is 9.40 Å². The Morgan fingerprint density at radius 1 is 1.58 bits per heavy atom. The van der Waals surface area contributed by atoms with Gasteiger partial charge in [0.25, 0.3) is 0 Å². The first-order chi connectivity index (χ1) is 5.70. The molecule has 0 nitrogen and oxygen atoms in total. The van der Waals surface area contributed by atoms with Crippen molar-refractivity contribution in [1.29, 1.82) is 0 Å². The van der Waals surface area contributed by atoms with Crippen molar-refractivity contribution in [2.45, 2.75) is 6.92 Å². The lowest BCUT2D eigenvalue weighted by atomic mass is 10.2. The third kappa shape index (κ3) is 1.11. The Morgan fingerprint density at radius 2 is 2.33 bits per heavy atom. The number of allylic oxidation sites excluding steroid dienone is 1. The summed E-state index contributed by atoms with van der Waals surface area (Å²) in [6, 6.07) is 2.06. The largest absolute Gasteiger partial charge is 0.133 e. The molecule has 2 aromatic rings. The maximum Gasteiger partial charge on any atom is 0.0886 e. The molecule has 0 radical (unpaired) electrons. The highest BCUT2D eigenvalue weighted by atomic mass is 35.5. The summed E-state index contributed by atoms with van der Waals surface area (Å²) in [6.45, 7) is 5.88. The number of thiophene rings is 2. The van der Waals surface area contributed by atoms with Gasteiger partial charge in [-0.3, -0.25) is 0 Å². The van der Waals surface area contributed by atoms with Gasteiger partial charge < -0.3 is 0 Å². The van der Waals surface area contributed by atoms with Gasteiger partial charge in [-0.05, 0) is 23.9 Å². The molecule has 0 atom stereocenters. The molecule has 0 saturated carbocycles. The molecule has 0 saturated heterocycles. The summed E-state index contributed by atoms with van der Waals surface area (Å²) in [5.74, 6) is 0. The summed E-state index contributed by atoms with van der Waals surface area (Å²) in [5, 5.41) is 4.10. The van der Waals surface area contributed by atoms with Crippen molar-refractivity contribution in [1.82, 2.24) is 0 Å². The molecule has 0 spiro atoms. The maximum atomic E-state index is 6.15. The van der Waals surface area contributed by atoms with E-state index in [4.69, 9.17) is 11.6 Å². The van der Waals surface area contributed by atoms with Crippen LogP contribution in [0, 0.1) is 0 Å². The number of hydrogen-bond donors (Lipinski definition) is 0. The Labute approximate surface area is 84.1 Å². The molecule has 2 rings (SSSR count). The number of halogens is 1. The van der Waals surface area contributed by atoms with Crippen LogP contribution in [0.5, 0.6) is 0 Å². The fourth-order valence-electron chi connectivity index (χ4n) is 1.07. The average molecular weight is 215 g/mol. The van der Waals surface area contributed by atoms with Crippen molar-refractivity contribution >= 4 is 49.2 Å². The van der Waals surface area contributed by atoms with Crippen LogP contribution in [0.4, 0.5) is 0 Å². The molecule has 0 aliphatic carbocycles. The summed E-state index contributed by atoms with van der Waals surface area (Å²) in [4.78, 5) is 1.12. The first-order valence-corrected chi connectivity index (χ1v) is 5.59. The Kier molecular flexibility index (Phi) is 1.99. The minimum absolute atomic E-state index is 0.865. The summed E-state index contributed by atoms with van der Waals surface area (Å²) in [5.41, 5.74) is 1.05. The van der Waals surface area contributed by atoms with E-state index < -0.39 is 0 Å². The Balaban J connectivity index is 2.78. The zero-order valence-electron chi connectivity index (χ0n) is 6.56. The van der Waals surface area contributed by atoms with Crippen LogP contribution in [0.2, 0.25) is 5.02 Å². The number of fused-ring (bicyclic) bond motifs is 1. The van der Waals surface area contributed by atoms with Crippen LogP contribution in [0.25, 0.3) is 15.0 Å². The van der Waals surface area contributed by atoms with Gasteiger partial charge >= 0.3 is 0 Å². The zero-order valence-corrected chi connectivity index (χ0v) is 8.95. The second kappa shape index (κ2) is 2.87. The van der Waals surface area contributed by atoms with Gasteiger partial charge in [-0.15, -0.1) is 22.7 Å². The maximum absolute atomic E-state index is 6.15. The fraction of sp³-hybridized carbons (Fsp3) is 0.111. The SMILES string of the molecule is C=C(C)c1sc2sccc2c1Cl. The van der Waals surface area contributed by atoms with Gasteiger partial charge in [0.15, 0.2) is 0 Å². The van der Waals surface area contributed by atoms with Crippen molar-refractivity contribution in [3.8, 4) is 0 Å². The van der Waals surface area contributed by atoms with Crippen molar-refractivity contribution < 1.29 is 0 Å². The van der Waals surface area contributed by atoms with Gasteiger partial charge in [-0.2, -0.15) is 0 Å². The Bertz CT molecular complexity index is 436. The number of hydrogen-bond acceptors (Lipinski definition) is 2. The van der Waals surface area contributed by atoms with Crippen molar-refractivity contribution in [3.05, 3.63) is 27.9 Å². The monoisotopic (exact) mass is 214 g/mol. The quantitative estimate of drug-likeness (QED) is 0.648. The molecular weight excluding hydrogens is 208 g/mol. The number of rotatable bonds is 1. The smallest absolute Gasteiger partial charge is 0.0886 e. The van der Waals surface area contributed by atoms with E-state index in [2.05, 4.69) is 18.0 Å². The molecule has 0 fully saturated rings. The molecule has 62 valence electrons. The van der Waals surface area contributed by atoms with Gasteiger partial charge in [0.2, 0.25) is 0 Å². The minimum atomic E-state index is 0.865. The zero-order chi connectivity index (χ0) is 8.72. The van der Waals surface area contributed by atoms with E-state index in [-0.39, 0.29) is 0 Å². The first kappa shape index (κ1) is 8.30.